The van der Waals surface area contributed by atoms with E-state index in [1.165, 1.54) is 12.1 Å². The lowest BCUT2D eigenvalue weighted by Crippen LogP contribution is -2.43. The van der Waals surface area contributed by atoms with Gasteiger partial charge in [0, 0.05) is 18.6 Å². The fraction of sp³-hybridized carbons (Fsp3) is 0.625. The molecule has 0 aromatic heterocycles. The Kier molecular flexibility index (Phi) is 5.34. The quantitative estimate of drug-likeness (QED) is 0.920. The molecule has 0 bridgehead atoms. The van der Waals surface area contributed by atoms with Crippen molar-refractivity contribution in [3.8, 4) is 5.75 Å². The number of rotatable bonds is 4. The van der Waals surface area contributed by atoms with Gasteiger partial charge in [-0.05, 0) is 56.8 Å². The molecule has 1 heterocycles. The van der Waals surface area contributed by atoms with Crippen molar-refractivity contribution < 1.29 is 17.9 Å². The molecular weight excluding hydrogens is 293 g/mol. The highest BCUT2D eigenvalue weighted by molar-refractivity contribution is 5.29. The van der Waals surface area contributed by atoms with Crippen LogP contribution in [0.5, 0.6) is 5.75 Å². The third kappa shape index (κ3) is 4.61. The van der Waals surface area contributed by atoms with E-state index in [4.69, 9.17) is 5.73 Å². The van der Waals surface area contributed by atoms with Gasteiger partial charge in [0.25, 0.3) is 0 Å². The molecule has 0 aliphatic carbocycles. The summed E-state index contributed by atoms with van der Waals surface area (Å²) >= 11 is 0. The number of hydrogen-bond donors (Lipinski definition) is 1. The molecule has 22 heavy (non-hydrogen) atoms. The van der Waals surface area contributed by atoms with Crippen molar-refractivity contribution in [2.45, 2.75) is 45.1 Å². The zero-order valence-electron chi connectivity index (χ0n) is 12.9. The van der Waals surface area contributed by atoms with Gasteiger partial charge in [-0.3, -0.25) is 4.90 Å². The van der Waals surface area contributed by atoms with Crippen LogP contribution >= 0.6 is 0 Å². The van der Waals surface area contributed by atoms with Crippen molar-refractivity contribution in [3.05, 3.63) is 29.8 Å². The van der Waals surface area contributed by atoms with Crippen molar-refractivity contribution in [3.63, 3.8) is 0 Å². The largest absolute Gasteiger partial charge is 0.573 e. The second kappa shape index (κ2) is 6.87. The molecule has 0 amide bonds. The Hall–Kier alpha value is -1.27. The van der Waals surface area contributed by atoms with E-state index in [1.54, 1.807) is 12.1 Å². The van der Waals surface area contributed by atoms with Gasteiger partial charge < -0.3 is 10.5 Å². The normalized spacial score (nSPS) is 23.1. The maximum absolute atomic E-state index is 12.2. The van der Waals surface area contributed by atoms with Gasteiger partial charge in [0.05, 0.1) is 0 Å². The summed E-state index contributed by atoms with van der Waals surface area (Å²) in [6.07, 6.45) is -2.41. The van der Waals surface area contributed by atoms with Crippen LogP contribution in [0.15, 0.2) is 24.3 Å². The minimum Gasteiger partial charge on any atom is -0.406 e. The topological polar surface area (TPSA) is 38.5 Å². The van der Waals surface area contributed by atoms with E-state index in [-0.39, 0.29) is 17.8 Å². The van der Waals surface area contributed by atoms with Gasteiger partial charge in [0.2, 0.25) is 0 Å². The second-order valence-electron chi connectivity index (χ2n) is 6.05. The third-order valence-electron chi connectivity index (χ3n) is 4.38. The summed E-state index contributed by atoms with van der Waals surface area (Å²) in [5.41, 5.74) is 6.98. The van der Waals surface area contributed by atoms with Gasteiger partial charge in [0.1, 0.15) is 5.75 Å². The summed E-state index contributed by atoms with van der Waals surface area (Å²) in [6, 6.07) is 6.44. The number of hydrogen-bond acceptors (Lipinski definition) is 3. The highest BCUT2D eigenvalue weighted by Crippen LogP contribution is 2.29. The Balaban J connectivity index is 2.01. The molecule has 2 N–H and O–H groups in total. The van der Waals surface area contributed by atoms with Crippen LogP contribution in [0.3, 0.4) is 0 Å². The van der Waals surface area contributed by atoms with Crippen LogP contribution in [0, 0.1) is 5.92 Å². The first-order valence-electron chi connectivity index (χ1n) is 7.61. The maximum atomic E-state index is 12.2. The van der Waals surface area contributed by atoms with E-state index < -0.39 is 6.36 Å². The van der Waals surface area contributed by atoms with Crippen LogP contribution in [0.4, 0.5) is 13.2 Å². The van der Waals surface area contributed by atoms with Crippen LogP contribution in [0.1, 0.15) is 38.3 Å². The Morgan fingerprint density at radius 3 is 2.41 bits per heavy atom. The Bertz CT molecular complexity index is 473. The van der Waals surface area contributed by atoms with Crippen LogP contribution in [0.2, 0.25) is 0 Å². The van der Waals surface area contributed by atoms with Gasteiger partial charge in [-0.2, -0.15) is 0 Å². The summed E-state index contributed by atoms with van der Waals surface area (Å²) < 4.78 is 40.4. The number of piperidine rings is 1. The molecule has 0 saturated carbocycles. The van der Waals surface area contributed by atoms with Crippen LogP contribution < -0.4 is 10.5 Å². The number of ether oxygens (including phenoxy) is 1. The zero-order valence-corrected chi connectivity index (χ0v) is 12.9. The average Bonchev–Trinajstić information content (AvgIpc) is 2.46. The van der Waals surface area contributed by atoms with Crippen molar-refractivity contribution in [2.75, 3.05) is 13.1 Å². The second-order valence-corrected chi connectivity index (χ2v) is 6.05. The fourth-order valence-electron chi connectivity index (χ4n) is 2.98. The number of benzene rings is 1. The first-order valence-corrected chi connectivity index (χ1v) is 7.61. The van der Waals surface area contributed by atoms with E-state index in [2.05, 4.69) is 16.6 Å². The lowest BCUT2D eigenvalue weighted by molar-refractivity contribution is -0.274. The number of alkyl halides is 3. The van der Waals surface area contributed by atoms with Gasteiger partial charge in [-0.25, -0.2) is 0 Å². The number of nitrogens with two attached hydrogens (primary N) is 1. The summed E-state index contributed by atoms with van der Waals surface area (Å²) in [7, 11) is 0. The molecule has 6 heteroatoms. The lowest BCUT2D eigenvalue weighted by Gasteiger charge is -2.38. The monoisotopic (exact) mass is 316 g/mol. The summed E-state index contributed by atoms with van der Waals surface area (Å²) in [4.78, 5) is 2.34. The van der Waals surface area contributed by atoms with Crippen LogP contribution in [-0.4, -0.2) is 30.4 Å². The van der Waals surface area contributed by atoms with E-state index >= 15 is 0 Å². The first kappa shape index (κ1) is 17.1. The maximum Gasteiger partial charge on any atom is 0.573 e. The van der Waals surface area contributed by atoms with Crippen LogP contribution in [0.25, 0.3) is 0 Å². The number of nitrogens with zero attached hydrogens (tertiary/aromatic N) is 1. The SMILES string of the molecule is CC(N)C1CCCN(C(C)c2ccc(OC(F)(F)F)cc2)C1. The standard InChI is InChI=1S/C16H23F3N2O/c1-11(20)14-4-3-9-21(10-14)12(2)13-5-7-15(8-6-13)22-16(17,18)19/h5-8,11-12,14H,3-4,9-10,20H2,1-2H3. The Morgan fingerprint density at radius 2 is 1.86 bits per heavy atom. The molecule has 0 radical (unpaired) electrons. The average molecular weight is 316 g/mol. The highest BCUT2D eigenvalue weighted by Gasteiger charge is 2.31. The zero-order chi connectivity index (χ0) is 16.3. The van der Waals surface area contributed by atoms with E-state index in [9.17, 15) is 13.2 Å². The Labute approximate surface area is 129 Å². The van der Waals surface area contributed by atoms with Gasteiger partial charge in [0.15, 0.2) is 0 Å². The van der Waals surface area contributed by atoms with Gasteiger partial charge in [-0.1, -0.05) is 12.1 Å². The van der Waals surface area contributed by atoms with Gasteiger partial charge >= 0.3 is 6.36 Å². The summed E-state index contributed by atoms with van der Waals surface area (Å²) in [5, 5.41) is 0. The third-order valence-corrected chi connectivity index (χ3v) is 4.38. The summed E-state index contributed by atoms with van der Waals surface area (Å²) in [5.74, 6) is 0.291. The van der Waals surface area contributed by atoms with E-state index in [1.807, 2.05) is 6.92 Å². The van der Waals surface area contributed by atoms with Crippen molar-refractivity contribution in [1.82, 2.24) is 4.90 Å². The van der Waals surface area contributed by atoms with Crippen molar-refractivity contribution in [1.29, 1.82) is 0 Å². The van der Waals surface area contributed by atoms with E-state index in [0.717, 1.165) is 31.5 Å². The lowest BCUT2D eigenvalue weighted by atomic mass is 9.90. The van der Waals surface area contributed by atoms with E-state index in [0.29, 0.717) is 5.92 Å². The molecule has 1 saturated heterocycles. The minimum absolute atomic E-state index is 0.154. The molecule has 1 fully saturated rings. The van der Waals surface area contributed by atoms with Crippen molar-refractivity contribution >= 4 is 0 Å². The molecule has 3 nitrogen and oxygen atoms in total. The smallest absolute Gasteiger partial charge is 0.406 e. The molecule has 124 valence electrons. The molecule has 2 rings (SSSR count). The molecule has 3 unspecified atom stereocenters. The molecule has 1 aromatic carbocycles. The molecule has 1 aliphatic rings. The number of likely N-dealkylation sites (tertiary alicyclic amines) is 1. The molecule has 1 aliphatic heterocycles. The minimum atomic E-state index is -4.65. The first-order chi connectivity index (χ1) is 10.3. The molecule has 1 aromatic rings. The number of halogens is 3. The fourth-order valence-corrected chi connectivity index (χ4v) is 2.98. The molecular formula is C16H23F3N2O. The Morgan fingerprint density at radius 1 is 1.23 bits per heavy atom. The van der Waals surface area contributed by atoms with Gasteiger partial charge in [-0.15, -0.1) is 13.2 Å². The highest BCUT2D eigenvalue weighted by atomic mass is 19.4. The molecule has 3 atom stereocenters. The predicted octanol–water partition coefficient (Wildman–Crippen LogP) is 3.71. The summed E-state index contributed by atoms with van der Waals surface area (Å²) in [6.45, 7) is 6.02. The van der Waals surface area contributed by atoms with Crippen LogP contribution in [-0.2, 0) is 0 Å². The molecule has 0 spiro atoms. The predicted molar refractivity (Wildman–Crippen MR) is 79.5 cm³/mol. The van der Waals surface area contributed by atoms with Crippen molar-refractivity contribution in [2.24, 2.45) is 11.7 Å².